The van der Waals surface area contributed by atoms with Gasteiger partial charge in [-0.25, -0.2) is 13.2 Å². The molecular weight excluding hydrogens is 530 g/mol. The van der Waals surface area contributed by atoms with Crippen molar-refractivity contribution in [1.82, 2.24) is 25.6 Å². The van der Waals surface area contributed by atoms with Crippen LogP contribution in [0.5, 0.6) is 0 Å². The van der Waals surface area contributed by atoms with Crippen LogP contribution in [0.2, 0.25) is 0 Å². The van der Waals surface area contributed by atoms with Crippen molar-refractivity contribution in [1.29, 1.82) is 0 Å². The van der Waals surface area contributed by atoms with Crippen LogP contribution in [0, 0.1) is 0 Å². The second kappa shape index (κ2) is 13.6. The van der Waals surface area contributed by atoms with Gasteiger partial charge in [0, 0.05) is 13.1 Å². The summed E-state index contributed by atoms with van der Waals surface area (Å²) in [6.45, 7) is 6.88. The highest BCUT2D eigenvalue weighted by Gasteiger charge is 2.41. The molecule has 13 nitrogen and oxygen atoms in total. The molecule has 5 amide bonds. The largest absolute Gasteiger partial charge is 0.446 e. The molecule has 3 aliphatic rings. The average Bonchev–Trinajstić information content (AvgIpc) is 3.44. The van der Waals surface area contributed by atoms with Crippen LogP contribution in [0.15, 0.2) is 25.3 Å². The summed E-state index contributed by atoms with van der Waals surface area (Å²) >= 11 is 0. The summed E-state index contributed by atoms with van der Waals surface area (Å²) in [5, 5.41) is 6.91. The summed E-state index contributed by atoms with van der Waals surface area (Å²) in [5.74, 6) is -2.68. The highest BCUT2D eigenvalue weighted by atomic mass is 32.2. The number of rotatable bonds is 13. The van der Waals surface area contributed by atoms with E-state index in [4.69, 9.17) is 4.74 Å². The average molecular weight is 568 g/mol. The Kier molecular flexibility index (Phi) is 10.5. The van der Waals surface area contributed by atoms with Crippen LogP contribution in [-0.2, 0) is 33.9 Å². The summed E-state index contributed by atoms with van der Waals surface area (Å²) in [4.78, 5) is 64.8. The van der Waals surface area contributed by atoms with Gasteiger partial charge in [0.25, 0.3) is 5.91 Å². The molecule has 0 radical (unpaired) electrons. The SMILES string of the molecule is C=CCC(NC(=O)[C@@H]1CCCN1C(=O)[C@H](CNC(=O)C=C)NC(=O)OC1CCCC1)C(=O)NS(=O)(=O)C1CC1. The molecule has 0 aromatic heterocycles. The minimum absolute atomic E-state index is 0.0246. The maximum absolute atomic E-state index is 13.5. The number of hydrogen-bond acceptors (Lipinski definition) is 8. The molecule has 3 rings (SSSR count). The van der Waals surface area contributed by atoms with Gasteiger partial charge in [0.1, 0.15) is 24.2 Å². The Morgan fingerprint density at radius 2 is 1.64 bits per heavy atom. The third-order valence-corrected chi connectivity index (χ3v) is 8.75. The zero-order valence-electron chi connectivity index (χ0n) is 21.9. The van der Waals surface area contributed by atoms with E-state index < -0.39 is 63.1 Å². The van der Waals surface area contributed by atoms with Gasteiger partial charge in [-0.05, 0) is 63.9 Å². The number of nitrogens with zero attached hydrogens (tertiary/aromatic N) is 1. The predicted octanol–water partition coefficient (Wildman–Crippen LogP) is -0.0137. The summed E-state index contributed by atoms with van der Waals surface area (Å²) in [5.41, 5.74) is 0. The smallest absolute Gasteiger partial charge is 0.408 e. The van der Waals surface area contributed by atoms with E-state index in [0.29, 0.717) is 25.7 Å². The van der Waals surface area contributed by atoms with Gasteiger partial charge >= 0.3 is 6.09 Å². The quantitative estimate of drug-likeness (QED) is 0.177. The highest BCUT2D eigenvalue weighted by Crippen LogP contribution is 2.27. The lowest BCUT2D eigenvalue weighted by Crippen LogP contribution is -2.58. The fourth-order valence-corrected chi connectivity index (χ4v) is 6.00. The number of carbonyl (C=O) groups is 5. The Hall–Kier alpha value is -3.42. The molecule has 3 fully saturated rings. The Labute approximate surface area is 228 Å². The van der Waals surface area contributed by atoms with Crippen LogP contribution in [0.3, 0.4) is 0 Å². The molecule has 0 aromatic rings. The van der Waals surface area contributed by atoms with E-state index in [0.717, 1.165) is 31.8 Å². The number of carbonyl (C=O) groups excluding carboxylic acids is 5. The number of sulfonamides is 1. The summed E-state index contributed by atoms with van der Waals surface area (Å²) < 4.78 is 31.8. The number of nitrogens with one attached hydrogen (secondary N) is 4. The van der Waals surface area contributed by atoms with Gasteiger partial charge in [0.05, 0.1) is 5.25 Å². The Bertz CT molecular complexity index is 1080. The van der Waals surface area contributed by atoms with Gasteiger partial charge < -0.3 is 25.6 Å². The zero-order valence-corrected chi connectivity index (χ0v) is 22.7. The van der Waals surface area contributed by atoms with Crippen molar-refractivity contribution in [2.24, 2.45) is 0 Å². The van der Waals surface area contributed by atoms with Gasteiger partial charge in [0.15, 0.2) is 0 Å². The first-order chi connectivity index (χ1) is 18.6. The van der Waals surface area contributed by atoms with E-state index in [1.807, 2.05) is 4.72 Å². The summed E-state index contributed by atoms with van der Waals surface area (Å²) in [6, 6.07) is -3.39. The van der Waals surface area contributed by atoms with Gasteiger partial charge in [-0.3, -0.25) is 23.9 Å². The Balaban J connectivity index is 1.67. The van der Waals surface area contributed by atoms with E-state index in [2.05, 4.69) is 29.1 Å². The van der Waals surface area contributed by atoms with E-state index in [1.54, 1.807) is 0 Å². The van der Waals surface area contributed by atoms with E-state index in [1.165, 1.54) is 11.0 Å². The molecular formula is C25H37N5O8S. The molecule has 0 spiro atoms. The first-order valence-corrected chi connectivity index (χ1v) is 14.7. The number of alkyl carbamates (subject to hydrolysis) is 1. The maximum Gasteiger partial charge on any atom is 0.408 e. The molecule has 1 saturated heterocycles. The van der Waals surface area contributed by atoms with Gasteiger partial charge in [0.2, 0.25) is 27.7 Å². The highest BCUT2D eigenvalue weighted by molar-refractivity contribution is 7.90. The van der Waals surface area contributed by atoms with Crippen molar-refractivity contribution in [2.45, 2.75) is 87.3 Å². The molecule has 1 aliphatic heterocycles. The van der Waals surface area contributed by atoms with Crippen LogP contribution in [0.1, 0.15) is 57.8 Å². The van der Waals surface area contributed by atoms with Crippen molar-refractivity contribution in [3.8, 4) is 0 Å². The molecule has 1 unspecified atom stereocenters. The zero-order chi connectivity index (χ0) is 28.6. The first kappa shape index (κ1) is 30.1. The summed E-state index contributed by atoms with van der Waals surface area (Å²) in [6.07, 6.45) is 6.40. The maximum atomic E-state index is 13.5. The molecule has 1 heterocycles. The first-order valence-electron chi connectivity index (χ1n) is 13.2. The van der Waals surface area contributed by atoms with Crippen LogP contribution in [-0.4, -0.2) is 85.6 Å². The minimum atomic E-state index is -3.82. The van der Waals surface area contributed by atoms with Gasteiger partial charge in [-0.15, -0.1) is 6.58 Å². The van der Waals surface area contributed by atoms with Crippen molar-refractivity contribution >= 4 is 39.7 Å². The number of likely N-dealkylation sites (tertiary alicyclic amines) is 1. The molecule has 0 aromatic carbocycles. The standard InChI is InChI=1S/C25H37N5O8S/c1-3-8-18(22(32)29-39(36,37)17-12-13-17)27-23(33)20-11-7-14-30(20)24(34)19(15-26-21(31)4-2)28-25(35)38-16-9-5-6-10-16/h3-4,16-20H,1-2,5-15H2,(H,26,31)(H,27,33)(H,28,35)(H,29,32)/t18?,19-,20-/m0/s1. The second-order valence-electron chi connectivity index (χ2n) is 9.94. The van der Waals surface area contributed by atoms with Crippen LogP contribution in [0.25, 0.3) is 0 Å². The fourth-order valence-electron chi connectivity index (χ4n) is 4.65. The predicted molar refractivity (Wildman–Crippen MR) is 140 cm³/mol. The van der Waals surface area contributed by atoms with E-state index >= 15 is 0 Å². The van der Waals surface area contributed by atoms with Crippen molar-refractivity contribution in [2.75, 3.05) is 13.1 Å². The Morgan fingerprint density at radius 1 is 0.949 bits per heavy atom. The van der Waals surface area contributed by atoms with Crippen LogP contribution < -0.4 is 20.7 Å². The fraction of sp³-hybridized carbons (Fsp3) is 0.640. The van der Waals surface area contributed by atoms with Crippen molar-refractivity contribution < 1.29 is 37.1 Å². The molecule has 2 saturated carbocycles. The number of amides is 5. The molecule has 216 valence electrons. The number of hydrogen-bond donors (Lipinski definition) is 4. The molecule has 2 aliphatic carbocycles. The lowest BCUT2D eigenvalue weighted by molar-refractivity contribution is -0.140. The molecule has 0 bridgehead atoms. The Morgan fingerprint density at radius 3 is 2.26 bits per heavy atom. The topological polar surface area (TPSA) is 180 Å². The minimum Gasteiger partial charge on any atom is -0.446 e. The normalized spacial score (nSPS) is 20.8. The lowest BCUT2D eigenvalue weighted by Gasteiger charge is -2.29. The second-order valence-corrected chi connectivity index (χ2v) is 11.9. The van der Waals surface area contributed by atoms with E-state index in [-0.39, 0.29) is 25.6 Å². The number of ether oxygens (including phenoxy) is 1. The third-order valence-electron chi connectivity index (χ3n) is 6.91. The van der Waals surface area contributed by atoms with Crippen molar-refractivity contribution in [3.05, 3.63) is 25.3 Å². The summed E-state index contributed by atoms with van der Waals surface area (Å²) in [7, 11) is -3.82. The van der Waals surface area contributed by atoms with E-state index in [9.17, 15) is 32.4 Å². The monoisotopic (exact) mass is 567 g/mol. The molecule has 4 N–H and O–H groups in total. The lowest BCUT2D eigenvalue weighted by atomic mass is 10.1. The van der Waals surface area contributed by atoms with Crippen LogP contribution >= 0.6 is 0 Å². The van der Waals surface area contributed by atoms with Crippen LogP contribution in [0.4, 0.5) is 4.79 Å². The van der Waals surface area contributed by atoms with Crippen molar-refractivity contribution in [3.63, 3.8) is 0 Å². The van der Waals surface area contributed by atoms with Gasteiger partial charge in [-0.1, -0.05) is 12.7 Å². The molecule has 3 atom stereocenters. The van der Waals surface area contributed by atoms with Gasteiger partial charge in [-0.2, -0.15) is 0 Å². The molecule has 14 heteroatoms. The third kappa shape index (κ3) is 8.53. The molecule has 39 heavy (non-hydrogen) atoms.